The summed E-state index contributed by atoms with van der Waals surface area (Å²) in [6.45, 7) is 3.70. The molecule has 42 heavy (non-hydrogen) atoms. The number of rotatable bonds is 8. The second kappa shape index (κ2) is 12.2. The van der Waals surface area contributed by atoms with E-state index in [1.807, 2.05) is 24.3 Å². The summed E-state index contributed by atoms with van der Waals surface area (Å²) in [5, 5.41) is 4.97. The number of hydrogen-bond acceptors (Lipinski definition) is 7. The van der Waals surface area contributed by atoms with E-state index in [-0.39, 0.29) is 23.5 Å². The first-order valence-corrected chi connectivity index (χ1v) is 16.2. The number of aromatic nitrogens is 1. The lowest BCUT2D eigenvalue weighted by molar-refractivity contribution is -0.118. The lowest BCUT2D eigenvalue weighted by Crippen LogP contribution is -2.40. The van der Waals surface area contributed by atoms with Crippen LogP contribution in [0.1, 0.15) is 24.9 Å². The molecule has 0 spiro atoms. The van der Waals surface area contributed by atoms with Gasteiger partial charge < -0.3 is 19.4 Å². The maximum absolute atomic E-state index is 13.1. The van der Waals surface area contributed by atoms with E-state index >= 15 is 0 Å². The Morgan fingerprint density at radius 1 is 1.02 bits per heavy atom. The number of benzene rings is 3. The molecule has 1 unspecified atom stereocenters. The molecule has 9 nitrogen and oxygen atoms in total. The fraction of sp³-hybridized carbons (Fsp3) is 0.290. The van der Waals surface area contributed by atoms with Gasteiger partial charge in [-0.05, 0) is 67.8 Å². The number of carbonyl (C=O) groups is 1. The summed E-state index contributed by atoms with van der Waals surface area (Å²) in [5.74, 6) is 0.470. The third-order valence-corrected chi connectivity index (χ3v) is 10.2. The predicted molar refractivity (Wildman–Crippen MR) is 163 cm³/mol. The molecule has 6 rings (SSSR count). The molecule has 0 bridgehead atoms. The number of sulfonamides is 1. The van der Waals surface area contributed by atoms with E-state index in [0.29, 0.717) is 43.4 Å². The second-order valence-corrected chi connectivity index (χ2v) is 13.1. The first-order valence-electron chi connectivity index (χ1n) is 13.9. The van der Waals surface area contributed by atoms with E-state index < -0.39 is 10.0 Å². The fourth-order valence-corrected chi connectivity index (χ4v) is 7.59. The standard InChI is InChI=1S/C31H32N4O5S2/c1-22(7-8-23-5-3-2-4-6-23)35-28(24-9-14-29-27(19-24)33-30(36)20-40-29)21-41-31(35)32-25-10-12-26(13-11-25)42(37,38)34-15-17-39-18-16-34/h2-6,9-14,19,21-22H,7-8,15-18,20H2,1H3,(H,33,36). The predicted octanol–water partition coefficient (Wildman–Crippen LogP) is 4.99. The molecule has 1 saturated heterocycles. The number of carbonyl (C=O) groups excluding carboxylic acids is 1. The number of amides is 1. The maximum Gasteiger partial charge on any atom is 0.262 e. The summed E-state index contributed by atoms with van der Waals surface area (Å²) in [7, 11) is -3.58. The van der Waals surface area contributed by atoms with E-state index in [1.54, 1.807) is 24.3 Å². The van der Waals surface area contributed by atoms with E-state index in [4.69, 9.17) is 14.5 Å². The van der Waals surface area contributed by atoms with E-state index in [2.05, 4.69) is 46.5 Å². The second-order valence-electron chi connectivity index (χ2n) is 10.3. The number of nitrogens with zero attached hydrogens (tertiary/aromatic N) is 3. The smallest absolute Gasteiger partial charge is 0.262 e. The lowest BCUT2D eigenvalue weighted by atomic mass is 10.0. The highest BCUT2D eigenvalue weighted by Gasteiger charge is 2.26. The molecule has 2 aliphatic rings. The molecule has 1 amide bonds. The van der Waals surface area contributed by atoms with Crippen molar-refractivity contribution >= 4 is 38.6 Å². The third-order valence-electron chi connectivity index (χ3n) is 7.45. The van der Waals surface area contributed by atoms with Gasteiger partial charge in [0.05, 0.1) is 35.2 Å². The van der Waals surface area contributed by atoms with Gasteiger partial charge in [0.2, 0.25) is 10.0 Å². The van der Waals surface area contributed by atoms with Gasteiger partial charge in [-0.1, -0.05) is 30.3 Å². The lowest BCUT2D eigenvalue weighted by Gasteiger charge is -2.26. The Kier molecular flexibility index (Phi) is 8.25. The molecule has 218 valence electrons. The summed E-state index contributed by atoms with van der Waals surface area (Å²) in [6.07, 6.45) is 1.80. The Morgan fingerprint density at radius 3 is 2.55 bits per heavy atom. The zero-order valence-corrected chi connectivity index (χ0v) is 24.9. The van der Waals surface area contributed by atoms with Crippen molar-refractivity contribution in [2.75, 3.05) is 38.2 Å². The molecule has 1 atom stereocenters. The average molecular weight is 605 g/mol. The minimum atomic E-state index is -3.58. The summed E-state index contributed by atoms with van der Waals surface area (Å²) < 4.78 is 40.7. The van der Waals surface area contributed by atoms with Crippen LogP contribution < -0.4 is 14.9 Å². The number of morpholine rings is 1. The van der Waals surface area contributed by atoms with Gasteiger partial charge in [0.1, 0.15) is 5.75 Å². The molecule has 11 heteroatoms. The largest absolute Gasteiger partial charge is 0.482 e. The topological polar surface area (TPSA) is 102 Å². The molecule has 0 saturated carbocycles. The van der Waals surface area contributed by atoms with Gasteiger partial charge in [0.25, 0.3) is 5.91 Å². The van der Waals surface area contributed by atoms with E-state index in [0.717, 1.165) is 28.9 Å². The number of thiazole rings is 1. The van der Waals surface area contributed by atoms with Crippen molar-refractivity contribution in [3.05, 3.63) is 88.5 Å². The van der Waals surface area contributed by atoms with Crippen molar-refractivity contribution in [3.8, 4) is 17.0 Å². The van der Waals surface area contributed by atoms with Crippen LogP contribution in [0.4, 0.5) is 11.4 Å². The van der Waals surface area contributed by atoms with E-state index in [9.17, 15) is 13.2 Å². The number of nitrogens with one attached hydrogen (secondary N) is 1. The van der Waals surface area contributed by atoms with Gasteiger partial charge >= 0.3 is 0 Å². The number of ether oxygens (including phenoxy) is 2. The van der Waals surface area contributed by atoms with Crippen LogP contribution in [-0.4, -0.2) is 56.1 Å². The summed E-state index contributed by atoms with van der Waals surface area (Å²) in [5.41, 5.74) is 4.50. The van der Waals surface area contributed by atoms with Crippen molar-refractivity contribution in [2.24, 2.45) is 4.99 Å². The van der Waals surface area contributed by atoms with Gasteiger partial charge in [-0.2, -0.15) is 4.31 Å². The molecular formula is C31H32N4O5S2. The molecule has 3 heterocycles. The molecule has 2 aliphatic heterocycles. The molecule has 1 fully saturated rings. The summed E-state index contributed by atoms with van der Waals surface area (Å²) in [4.78, 5) is 18.0. The summed E-state index contributed by atoms with van der Waals surface area (Å²) >= 11 is 1.52. The van der Waals surface area contributed by atoms with Crippen LogP contribution in [0.5, 0.6) is 5.75 Å². The summed E-state index contributed by atoms with van der Waals surface area (Å²) in [6, 6.07) is 23.0. The number of hydrogen-bond donors (Lipinski definition) is 1. The van der Waals surface area contributed by atoms with Crippen LogP contribution in [0, 0.1) is 0 Å². The molecule has 1 aromatic heterocycles. The highest BCUT2D eigenvalue weighted by molar-refractivity contribution is 7.89. The zero-order valence-electron chi connectivity index (χ0n) is 23.2. The molecule has 3 aromatic carbocycles. The van der Waals surface area contributed by atoms with Gasteiger partial charge in [0, 0.05) is 30.1 Å². The van der Waals surface area contributed by atoms with Gasteiger partial charge in [-0.25, -0.2) is 13.4 Å². The first kappa shape index (κ1) is 28.4. The van der Waals surface area contributed by atoms with E-state index in [1.165, 1.54) is 21.2 Å². The van der Waals surface area contributed by atoms with Crippen LogP contribution in [0.2, 0.25) is 0 Å². The van der Waals surface area contributed by atoms with Crippen molar-refractivity contribution in [1.29, 1.82) is 0 Å². The molecule has 1 N–H and O–H groups in total. The Bertz CT molecular complexity index is 1740. The highest BCUT2D eigenvalue weighted by Crippen LogP contribution is 2.34. The molecule has 0 aliphatic carbocycles. The quantitative estimate of drug-likeness (QED) is 0.305. The highest BCUT2D eigenvalue weighted by atomic mass is 32.2. The number of anilines is 1. The van der Waals surface area contributed by atoms with Gasteiger partial charge in [0.15, 0.2) is 11.4 Å². The van der Waals surface area contributed by atoms with Crippen molar-refractivity contribution < 1.29 is 22.7 Å². The average Bonchev–Trinajstić information content (AvgIpc) is 3.44. The minimum Gasteiger partial charge on any atom is -0.482 e. The minimum absolute atomic E-state index is 0.0108. The van der Waals surface area contributed by atoms with Gasteiger partial charge in [-0.15, -0.1) is 11.3 Å². The van der Waals surface area contributed by atoms with Crippen LogP contribution >= 0.6 is 11.3 Å². The first-order chi connectivity index (χ1) is 20.4. The number of aryl methyl sites for hydroxylation is 1. The molecular weight excluding hydrogens is 572 g/mol. The van der Waals surface area contributed by atoms with Crippen molar-refractivity contribution in [2.45, 2.75) is 30.7 Å². The molecule has 0 radical (unpaired) electrons. The maximum atomic E-state index is 13.1. The van der Waals surface area contributed by atoms with Crippen LogP contribution in [0.3, 0.4) is 0 Å². The van der Waals surface area contributed by atoms with Crippen molar-refractivity contribution in [1.82, 2.24) is 8.87 Å². The van der Waals surface area contributed by atoms with Crippen LogP contribution in [0.25, 0.3) is 11.3 Å². The fourth-order valence-electron chi connectivity index (χ4n) is 5.17. The molecule has 4 aromatic rings. The van der Waals surface area contributed by atoms with Crippen LogP contribution in [0.15, 0.2) is 88.1 Å². The Hall–Kier alpha value is -3.77. The number of fused-ring (bicyclic) bond motifs is 1. The monoisotopic (exact) mass is 604 g/mol. The Labute approximate surface area is 249 Å². The van der Waals surface area contributed by atoms with Crippen molar-refractivity contribution in [3.63, 3.8) is 0 Å². The van der Waals surface area contributed by atoms with Crippen LogP contribution in [-0.2, 0) is 26.0 Å². The zero-order chi connectivity index (χ0) is 29.1. The van der Waals surface area contributed by atoms with Gasteiger partial charge in [-0.3, -0.25) is 4.79 Å². The third kappa shape index (κ3) is 6.05. The SMILES string of the molecule is CC(CCc1ccccc1)n1c(-c2ccc3c(c2)NC(=O)CO3)csc1=Nc1ccc(S(=O)(=O)N2CCOCC2)cc1. The normalized spacial score (nSPS) is 16.9. The Morgan fingerprint density at radius 2 is 1.79 bits per heavy atom. The Balaban J connectivity index is 1.35.